The van der Waals surface area contributed by atoms with E-state index in [0.29, 0.717) is 24.7 Å². The zero-order chi connectivity index (χ0) is 15.1. The molecule has 0 bridgehead atoms. The van der Waals surface area contributed by atoms with Crippen LogP contribution in [0.15, 0.2) is 5.38 Å². The second-order valence-electron chi connectivity index (χ2n) is 5.84. The lowest BCUT2D eigenvalue weighted by Crippen LogP contribution is -2.38. The third kappa shape index (κ3) is 5.37. The van der Waals surface area contributed by atoms with Crippen molar-refractivity contribution in [1.29, 1.82) is 0 Å². The topological polar surface area (TPSA) is 71.2 Å². The third-order valence-electron chi connectivity index (χ3n) is 3.77. The lowest BCUT2D eigenvalue weighted by atomic mass is 10.1. The van der Waals surface area contributed by atoms with Crippen LogP contribution in [-0.2, 0) is 6.42 Å². The summed E-state index contributed by atoms with van der Waals surface area (Å²) < 4.78 is 0. The molecule has 1 atom stereocenters. The first-order chi connectivity index (χ1) is 10.2. The van der Waals surface area contributed by atoms with Crippen molar-refractivity contribution >= 4 is 17.2 Å². The number of thiazole rings is 1. The molecule has 5 nitrogen and oxygen atoms in total. The van der Waals surface area contributed by atoms with Gasteiger partial charge in [-0.25, -0.2) is 4.98 Å². The molecule has 0 aromatic carbocycles. The number of nitrogens with one attached hydrogen (secondary N) is 1. The molecule has 1 aromatic rings. The number of aromatic nitrogens is 1. The molecule has 0 spiro atoms. The Morgan fingerprint density at radius 2 is 2.24 bits per heavy atom. The highest BCUT2D eigenvalue weighted by Crippen LogP contribution is 2.12. The number of carbonyl (C=O) groups excluding carboxylic acids is 1. The molecule has 0 radical (unpaired) electrons. The Balaban J connectivity index is 1.71. The van der Waals surface area contributed by atoms with Gasteiger partial charge in [0.2, 0.25) is 0 Å². The molecule has 0 saturated carbocycles. The largest absolute Gasteiger partial charge is 0.350 e. The standard InChI is InChI=1S/C15H26N4OS/c1-12(10-19-7-3-2-4-8-19)9-17-15(20)13-11-21-14(18-13)5-6-16/h11-12H,2-10,16H2,1H3,(H,17,20). The van der Waals surface area contributed by atoms with E-state index in [2.05, 4.69) is 22.1 Å². The molecule has 6 heteroatoms. The number of amides is 1. The molecule has 2 rings (SSSR count). The first-order valence-corrected chi connectivity index (χ1v) is 8.72. The lowest BCUT2D eigenvalue weighted by molar-refractivity contribution is 0.0938. The molecule has 1 aliphatic heterocycles. The highest BCUT2D eigenvalue weighted by atomic mass is 32.1. The maximum atomic E-state index is 12.0. The van der Waals surface area contributed by atoms with Crippen molar-refractivity contribution in [3.63, 3.8) is 0 Å². The van der Waals surface area contributed by atoms with Crippen molar-refractivity contribution in [2.45, 2.75) is 32.6 Å². The summed E-state index contributed by atoms with van der Waals surface area (Å²) in [5, 5.41) is 5.74. The first kappa shape index (κ1) is 16.4. The minimum atomic E-state index is -0.0694. The molecular formula is C15H26N4OS. The zero-order valence-corrected chi connectivity index (χ0v) is 13.6. The minimum absolute atomic E-state index is 0.0694. The number of carbonyl (C=O) groups is 1. The van der Waals surface area contributed by atoms with Crippen LogP contribution in [0, 0.1) is 5.92 Å². The Labute approximate surface area is 130 Å². The zero-order valence-electron chi connectivity index (χ0n) is 12.8. The van der Waals surface area contributed by atoms with Crippen molar-refractivity contribution in [3.8, 4) is 0 Å². The van der Waals surface area contributed by atoms with Gasteiger partial charge < -0.3 is 16.0 Å². The fourth-order valence-corrected chi connectivity index (χ4v) is 3.45. The summed E-state index contributed by atoms with van der Waals surface area (Å²) in [6, 6.07) is 0. The van der Waals surface area contributed by atoms with E-state index in [4.69, 9.17) is 5.73 Å². The number of hydrogen-bond acceptors (Lipinski definition) is 5. The lowest BCUT2D eigenvalue weighted by Gasteiger charge is -2.29. The van der Waals surface area contributed by atoms with E-state index in [-0.39, 0.29) is 5.91 Å². The fourth-order valence-electron chi connectivity index (χ4n) is 2.66. The quantitative estimate of drug-likeness (QED) is 0.800. The summed E-state index contributed by atoms with van der Waals surface area (Å²) in [5.41, 5.74) is 6.02. The van der Waals surface area contributed by atoms with Crippen LogP contribution in [0.2, 0.25) is 0 Å². The van der Waals surface area contributed by atoms with Gasteiger partial charge in [-0.3, -0.25) is 4.79 Å². The van der Waals surface area contributed by atoms with Gasteiger partial charge in [0.25, 0.3) is 5.91 Å². The van der Waals surface area contributed by atoms with Crippen LogP contribution in [-0.4, -0.2) is 48.5 Å². The third-order valence-corrected chi connectivity index (χ3v) is 4.68. The second kappa shape index (κ2) is 8.46. The van der Waals surface area contributed by atoms with E-state index in [1.165, 1.54) is 43.7 Å². The molecular weight excluding hydrogens is 284 g/mol. The van der Waals surface area contributed by atoms with E-state index in [1.54, 1.807) is 0 Å². The summed E-state index contributed by atoms with van der Waals surface area (Å²) in [5.74, 6) is 0.397. The minimum Gasteiger partial charge on any atom is -0.350 e. The van der Waals surface area contributed by atoms with Crippen LogP contribution in [0.25, 0.3) is 0 Å². The SMILES string of the molecule is CC(CNC(=O)c1csc(CCN)n1)CN1CCCCC1. The Morgan fingerprint density at radius 3 is 2.95 bits per heavy atom. The van der Waals surface area contributed by atoms with E-state index in [1.807, 2.05) is 5.38 Å². The van der Waals surface area contributed by atoms with Crippen LogP contribution >= 0.6 is 11.3 Å². The number of nitrogens with two attached hydrogens (primary N) is 1. The predicted octanol–water partition coefficient (Wildman–Crippen LogP) is 1.50. The summed E-state index contributed by atoms with van der Waals surface area (Å²) in [6.07, 6.45) is 4.71. The molecule has 0 aliphatic carbocycles. The Bertz CT molecular complexity index is 443. The van der Waals surface area contributed by atoms with Crippen LogP contribution < -0.4 is 11.1 Å². The van der Waals surface area contributed by atoms with Crippen LogP contribution in [0.1, 0.15) is 41.7 Å². The number of hydrogen-bond donors (Lipinski definition) is 2. The van der Waals surface area contributed by atoms with E-state index >= 15 is 0 Å². The summed E-state index contributed by atoms with van der Waals surface area (Å²) in [6.45, 7) is 6.94. The summed E-state index contributed by atoms with van der Waals surface area (Å²) >= 11 is 1.51. The smallest absolute Gasteiger partial charge is 0.270 e. The summed E-state index contributed by atoms with van der Waals surface area (Å²) in [4.78, 5) is 18.9. The van der Waals surface area contributed by atoms with Gasteiger partial charge in [0.15, 0.2) is 0 Å². The number of rotatable bonds is 7. The maximum Gasteiger partial charge on any atom is 0.270 e. The van der Waals surface area contributed by atoms with Crippen LogP contribution in [0.4, 0.5) is 0 Å². The predicted molar refractivity (Wildman–Crippen MR) is 86.7 cm³/mol. The first-order valence-electron chi connectivity index (χ1n) is 7.84. The van der Waals surface area contributed by atoms with Crippen molar-refractivity contribution < 1.29 is 4.79 Å². The molecule has 1 amide bonds. The van der Waals surface area contributed by atoms with Crippen LogP contribution in [0.3, 0.4) is 0 Å². The van der Waals surface area contributed by atoms with Gasteiger partial charge in [0.1, 0.15) is 5.69 Å². The number of nitrogens with zero attached hydrogens (tertiary/aromatic N) is 2. The highest BCUT2D eigenvalue weighted by Gasteiger charge is 2.15. The molecule has 1 saturated heterocycles. The Kier molecular flexibility index (Phi) is 6.60. The van der Waals surface area contributed by atoms with Gasteiger partial charge in [-0.2, -0.15) is 0 Å². The number of likely N-dealkylation sites (tertiary alicyclic amines) is 1. The number of piperidine rings is 1. The molecule has 2 heterocycles. The maximum absolute atomic E-state index is 12.0. The molecule has 1 aromatic heterocycles. The van der Waals surface area contributed by atoms with Crippen molar-refractivity contribution in [3.05, 3.63) is 16.1 Å². The molecule has 21 heavy (non-hydrogen) atoms. The average molecular weight is 310 g/mol. The Hall–Kier alpha value is -0.980. The Morgan fingerprint density at radius 1 is 1.48 bits per heavy atom. The van der Waals surface area contributed by atoms with Crippen molar-refractivity contribution in [1.82, 2.24) is 15.2 Å². The molecule has 3 N–H and O–H groups in total. The molecule has 1 aliphatic rings. The van der Waals surface area contributed by atoms with Crippen LogP contribution in [0.5, 0.6) is 0 Å². The highest BCUT2D eigenvalue weighted by molar-refractivity contribution is 7.09. The molecule has 118 valence electrons. The molecule has 1 fully saturated rings. The molecule has 1 unspecified atom stereocenters. The van der Waals surface area contributed by atoms with Gasteiger partial charge in [-0.1, -0.05) is 13.3 Å². The van der Waals surface area contributed by atoms with E-state index in [9.17, 15) is 4.79 Å². The normalized spacial score (nSPS) is 17.6. The average Bonchev–Trinajstić information content (AvgIpc) is 2.95. The fraction of sp³-hybridized carbons (Fsp3) is 0.733. The monoisotopic (exact) mass is 310 g/mol. The van der Waals surface area contributed by atoms with Gasteiger partial charge >= 0.3 is 0 Å². The van der Waals surface area contributed by atoms with Gasteiger partial charge in [-0.15, -0.1) is 11.3 Å². The van der Waals surface area contributed by atoms with Gasteiger partial charge in [0.05, 0.1) is 5.01 Å². The van der Waals surface area contributed by atoms with E-state index in [0.717, 1.165) is 18.0 Å². The van der Waals surface area contributed by atoms with Gasteiger partial charge in [0, 0.05) is 24.9 Å². The summed E-state index contributed by atoms with van der Waals surface area (Å²) in [7, 11) is 0. The van der Waals surface area contributed by atoms with E-state index < -0.39 is 0 Å². The van der Waals surface area contributed by atoms with Gasteiger partial charge in [-0.05, 0) is 38.4 Å². The van der Waals surface area contributed by atoms with Crippen molar-refractivity contribution in [2.24, 2.45) is 11.7 Å². The van der Waals surface area contributed by atoms with Crippen molar-refractivity contribution in [2.75, 3.05) is 32.7 Å². The second-order valence-corrected chi connectivity index (χ2v) is 6.78.